The van der Waals surface area contributed by atoms with Crippen molar-refractivity contribution in [2.75, 3.05) is 31.4 Å². The average Bonchev–Trinajstić information content (AvgIpc) is 3.33. The predicted molar refractivity (Wildman–Crippen MR) is 145 cm³/mol. The molecule has 0 aliphatic carbocycles. The first kappa shape index (κ1) is 25.0. The van der Waals surface area contributed by atoms with E-state index in [4.69, 9.17) is 4.74 Å². The number of hydrogen-bond acceptors (Lipinski definition) is 7. The van der Waals surface area contributed by atoms with E-state index in [1.807, 2.05) is 109 Å². The molecule has 0 saturated heterocycles. The minimum Gasteiger partial charge on any atom is -0.494 e. The molecule has 8 nitrogen and oxygen atoms in total. The monoisotopic (exact) mass is 500 g/mol. The summed E-state index contributed by atoms with van der Waals surface area (Å²) in [4.78, 5) is 14.5. The summed E-state index contributed by atoms with van der Waals surface area (Å²) in [5.41, 5.74) is 6.39. The van der Waals surface area contributed by atoms with Crippen LogP contribution in [0.25, 0.3) is 17.1 Å². The number of aromatic nitrogens is 3. The second-order valence-electron chi connectivity index (χ2n) is 8.00. The molecule has 0 aliphatic heterocycles. The van der Waals surface area contributed by atoms with Crippen molar-refractivity contribution in [3.63, 3.8) is 0 Å². The molecule has 1 amide bonds. The summed E-state index contributed by atoms with van der Waals surface area (Å²) in [5, 5.41) is 13.5. The molecule has 9 heteroatoms. The van der Waals surface area contributed by atoms with Crippen molar-refractivity contribution >= 4 is 29.6 Å². The van der Waals surface area contributed by atoms with E-state index < -0.39 is 0 Å². The number of nitrogens with zero attached hydrogens (tertiary/aromatic N) is 5. The van der Waals surface area contributed by atoms with Crippen LogP contribution in [-0.2, 0) is 4.79 Å². The summed E-state index contributed by atoms with van der Waals surface area (Å²) in [6.45, 7) is 2.55. The van der Waals surface area contributed by atoms with E-state index in [0.717, 1.165) is 28.3 Å². The van der Waals surface area contributed by atoms with E-state index in [-0.39, 0.29) is 11.7 Å². The Morgan fingerprint density at radius 3 is 2.42 bits per heavy atom. The molecule has 1 N–H and O–H groups in total. The van der Waals surface area contributed by atoms with Gasteiger partial charge in [-0.25, -0.2) is 5.43 Å². The van der Waals surface area contributed by atoms with Crippen molar-refractivity contribution in [3.05, 3.63) is 84.4 Å². The highest BCUT2D eigenvalue weighted by atomic mass is 32.2. The van der Waals surface area contributed by atoms with Crippen molar-refractivity contribution < 1.29 is 9.53 Å². The first-order valence-corrected chi connectivity index (χ1v) is 12.5. The second kappa shape index (κ2) is 12.0. The highest BCUT2D eigenvalue weighted by Crippen LogP contribution is 2.28. The lowest BCUT2D eigenvalue weighted by molar-refractivity contribution is -0.118. The number of benzene rings is 3. The van der Waals surface area contributed by atoms with Gasteiger partial charge < -0.3 is 9.64 Å². The molecule has 1 heterocycles. The van der Waals surface area contributed by atoms with Gasteiger partial charge in [-0.2, -0.15) is 5.10 Å². The first-order valence-electron chi connectivity index (χ1n) is 11.5. The fourth-order valence-corrected chi connectivity index (χ4v) is 4.17. The fraction of sp³-hybridized carbons (Fsp3) is 0.185. The topological polar surface area (TPSA) is 84.6 Å². The Hall–Kier alpha value is -4.11. The zero-order chi connectivity index (χ0) is 25.3. The van der Waals surface area contributed by atoms with E-state index in [1.165, 1.54) is 11.8 Å². The standard InChI is InChI=1S/C27H28N6O2S/c1-4-35-24-16-14-23(15-17-24)33-26(21-8-6-5-7-9-21)30-31-27(33)36-19-25(34)29-28-18-20-10-12-22(13-11-20)32(2)3/h5-18H,4,19H2,1-3H3,(H,29,34). The summed E-state index contributed by atoms with van der Waals surface area (Å²) < 4.78 is 7.52. The number of thioether (sulfide) groups is 1. The maximum Gasteiger partial charge on any atom is 0.250 e. The SMILES string of the molecule is CCOc1ccc(-n2c(SCC(=O)NN=Cc3ccc(N(C)C)cc3)nnc2-c2ccccc2)cc1. The lowest BCUT2D eigenvalue weighted by Crippen LogP contribution is -2.20. The van der Waals surface area contributed by atoms with E-state index in [1.54, 1.807) is 6.21 Å². The summed E-state index contributed by atoms with van der Waals surface area (Å²) in [7, 11) is 3.97. The average molecular weight is 501 g/mol. The number of carbonyl (C=O) groups excluding carboxylic acids is 1. The van der Waals surface area contributed by atoms with Crippen LogP contribution < -0.4 is 15.1 Å². The first-order chi connectivity index (χ1) is 17.5. The zero-order valence-corrected chi connectivity index (χ0v) is 21.3. The summed E-state index contributed by atoms with van der Waals surface area (Å²) in [5.74, 6) is 1.39. The third-order valence-corrected chi connectivity index (χ3v) is 6.14. The Kier molecular flexibility index (Phi) is 8.36. The van der Waals surface area contributed by atoms with Gasteiger partial charge >= 0.3 is 0 Å². The van der Waals surface area contributed by atoms with Gasteiger partial charge in [0.15, 0.2) is 11.0 Å². The molecule has 1 aromatic heterocycles. The van der Waals surface area contributed by atoms with E-state index in [2.05, 4.69) is 20.7 Å². The third kappa shape index (κ3) is 6.31. The normalized spacial score (nSPS) is 11.0. The molecule has 3 aromatic carbocycles. The molecule has 0 aliphatic rings. The minimum atomic E-state index is -0.233. The minimum absolute atomic E-state index is 0.140. The Balaban J connectivity index is 1.46. The van der Waals surface area contributed by atoms with Crippen molar-refractivity contribution in [2.24, 2.45) is 5.10 Å². The number of hydrogen-bond donors (Lipinski definition) is 1. The number of carbonyl (C=O) groups is 1. The molecule has 0 atom stereocenters. The van der Waals surface area contributed by atoms with Gasteiger partial charge in [0, 0.05) is 31.0 Å². The molecule has 4 aromatic rings. The maximum atomic E-state index is 12.5. The summed E-state index contributed by atoms with van der Waals surface area (Å²) >= 11 is 1.30. The number of amides is 1. The Labute approximate surface area is 215 Å². The van der Waals surface area contributed by atoms with Crippen molar-refractivity contribution in [3.8, 4) is 22.8 Å². The van der Waals surface area contributed by atoms with E-state index in [0.29, 0.717) is 17.6 Å². The Morgan fingerprint density at radius 2 is 1.75 bits per heavy atom. The van der Waals surface area contributed by atoms with Crippen LogP contribution in [0.5, 0.6) is 5.75 Å². The van der Waals surface area contributed by atoms with Gasteiger partial charge in [-0.15, -0.1) is 10.2 Å². The van der Waals surface area contributed by atoms with Crippen molar-refractivity contribution in [2.45, 2.75) is 12.1 Å². The highest BCUT2D eigenvalue weighted by Gasteiger charge is 2.17. The van der Waals surface area contributed by atoms with Crippen LogP contribution in [0.2, 0.25) is 0 Å². The number of ether oxygens (including phenoxy) is 1. The number of hydrazone groups is 1. The van der Waals surface area contributed by atoms with Gasteiger partial charge in [-0.3, -0.25) is 9.36 Å². The Morgan fingerprint density at radius 1 is 1.03 bits per heavy atom. The molecule has 0 bridgehead atoms. The quantitative estimate of drug-likeness (QED) is 0.194. The molecular formula is C27H28N6O2S. The number of anilines is 1. The van der Waals surface area contributed by atoms with E-state index >= 15 is 0 Å². The van der Waals surface area contributed by atoms with Crippen LogP contribution in [-0.4, -0.2) is 53.3 Å². The van der Waals surface area contributed by atoms with Crippen LogP contribution in [0.4, 0.5) is 5.69 Å². The van der Waals surface area contributed by atoms with Gasteiger partial charge in [0.25, 0.3) is 5.91 Å². The molecular weight excluding hydrogens is 472 g/mol. The lowest BCUT2D eigenvalue weighted by atomic mass is 10.2. The van der Waals surface area contributed by atoms with E-state index in [9.17, 15) is 4.79 Å². The van der Waals surface area contributed by atoms with Crippen LogP contribution in [0.1, 0.15) is 12.5 Å². The zero-order valence-electron chi connectivity index (χ0n) is 20.5. The van der Waals surface area contributed by atoms with Crippen LogP contribution in [0.3, 0.4) is 0 Å². The van der Waals surface area contributed by atoms with Gasteiger partial charge in [0.2, 0.25) is 0 Å². The van der Waals surface area contributed by atoms with Crippen LogP contribution in [0.15, 0.2) is 89.1 Å². The molecule has 0 unspecified atom stereocenters. The predicted octanol–water partition coefficient (Wildman–Crippen LogP) is 4.64. The number of nitrogens with one attached hydrogen (secondary N) is 1. The molecule has 184 valence electrons. The third-order valence-electron chi connectivity index (χ3n) is 5.22. The van der Waals surface area contributed by atoms with Gasteiger partial charge in [0.05, 0.1) is 18.6 Å². The summed E-state index contributed by atoms with van der Waals surface area (Å²) in [6, 6.07) is 25.5. The Bertz CT molecular complexity index is 1300. The van der Waals surface area contributed by atoms with Gasteiger partial charge in [-0.05, 0) is 48.9 Å². The van der Waals surface area contributed by atoms with Crippen molar-refractivity contribution in [1.29, 1.82) is 0 Å². The largest absolute Gasteiger partial charge is 0.494 e. The summed E-state index contributed by atoms with van der Waals surface area (Å²) in [6.07, 6.45) is 1.62. The van der Waals surface area contributed by atoms with Crippen molar-refractivity contribution in [1.82, 2.24) is 20.2 Å². The molecule has 0 radical (unpaired) electrons. The van der Waals surface area contributed by atoms with Crippen LogP contribution in [0, 0.1) is 0 Å². The highest BCUT2D eigenvalue weighted by molar-refractivity contribution is 7.99. The molecule has 4 rings (SSSR count). The second-order valence-corrected chi connectivity index (χ2v) is 8.94. The fourth-order valence-electron chi connectivity index (χ4n) is 3.43. The van der Waals surface area contributed by atoms with Gasteiger partial charge in [-0.1, -0.05) is 54.2 Å². The smallest absolute Gasteiger partial charge is 0.250 e. The van der Waals surface area contributed by atoms with Gasteiger partial charge in [0.1, 0.15) is 5.75 Å². The van der Waals surface area contributed by atoms with Crippen LogP contribution >= 0.6 is 11.8 Å². The number of rotatable bonds is 10. The molecule has 0 spiro atoms. The molecule has 36 heavy (non-hydrogen) atoms. The lowest BCUT2D eigenvalue weighted by Gasteiger charge is -2.11. The maximum absolute atomic E-state index is 12.5. The molecule has 0 fully saturated rings. The molecule has 0 saturated carbocycles.